The van der Waals surface area contributed by atoms with Crippen molar-refractivity contribution in [1.82, 2.24) is 9.21 Å². The van der Waals surface area contributed by atoms with Crippen LogP contribution < -0.4 is 14.2 Å². The van der Waals surface area contributed by atoms with Gasteiger partial charge in [0.15, 0.2) is 0 Å². The molecule has 0 aliphatic carbocycles. The maximum atomic E-state index is 13.5. The van der Waals surface area contributed by atoms with E-state index in [1.807, 2.05) is 6.92 Å². The zero-order valence-corrected chi connectivity index (χ0v) is 26.1. The van der Waals surface area contributed by atoms with Crippen molar-refractivity contribution in [3.8, 4) is 11.5 Å². The number of methoxy groups -OCH3 is 1. The number of nitrogens with zero attached hydrogens (tertiary/aromatic N) is 2. The Morgan fingerprint density at radius 2 is 1.72 bits per heavy atom. The molecule has 11 nitrogen and oxygen atoms in total. The van der Waals surface area contributed by atoms with Crippen molar-refractivity contribution in [2.75, 3.05) is 38.6 Å². The van der Waals surface area contributed by atoms with Gasteiger partial charge in [-0.15, -0.1) is 0 Å². The number of aliphatic hydroxyl groups excluding tert-OH is 1. The van der Waals surface area contributed by atoms with Crippen LogP contribution in [0.5, 0.6) is 11.5 Å². The second-order valence-electron chi connectivity index (χ2n) is 10.6. The summed E-state index contributed by atoms with van der Waals surface area (Å²) >= 11 is 0. The second-order valence-corrected chi connectivity index (χ2v) is 14.3. The first-order valence-electron chi connectivity index (χ1n) is 13.7. The van der Waals surface area contributed by atoms with Crippen LogP contribution in [0.25, 0.3) is 0 Å². The lowest BCUT2D eigenvalue weighted by molar-refractivity contribution is -0.134. The minimum atomic E-state index is -3.96. The van der Waals surface area contributed by atoms with Crippen LogP contribution in [0, 0.1) is 5.92 Å². The first kappa shape index (κ1) is 32.3. The predicted octanol–water partition coefficient (Wildman–Crippen LogP) is 2.97. The van der Waals surface area contributed by atoms with Crippen LogP contribution in [-0.2, 0) is 31.3 Å². The average molecular weight is 632 g/mol. The van der Waals surface area contributed by atoms with E-state index in [0.29, 0.717) is 17.1 Å². The van der Waals surface area contributed by atoms with Crippen molar-refractivity contribution >= 4 is 31.6 Å². The van der Waals surface area contributed by atoms with Gasteiger partial charge in [-0.25, -0.2) is 16.8 Å². The van der Waals surface area contributed by atoms with E-state index in [-0.39, 0.29) is 53.4 Å². The number of nitrogens with one attached hydrogen (secondary N) is 1. The van der Waals surface area contributed by atoms with Gasteiger partial charge in [0.05, 0.1) is 42.5 Å². The van der Waals surface area contributed by atoms with Crippen molar-refractivity contribution in [3.05, 3.63) is 78.4 Å². The molecular formula is C30H37N3O8S2. The maximum absolute atomic E-state index is 13.5. The van der Waals surface area contributed by atoms with Gasteiger partial charge in [-0.3, -0.25) is 9.52 Å². The molecule has 0 radical (unpaired) electrons. The number of hydrogen-bond donors (Lipinski definition) is 2. The fraction of sp³-hybridized carbons (Fsp3) is 0.367. The van der Waals surface area contributed by atoms with Gasteiger partial charge >= 0.3 is 0 Å². The van der Waals surface area contributed by atoms with Crippen LogP contribution in [-0.4, -0.2) is 83.1 Å². The van der Waals surface area contributed by atoms with Gasteiger partial charge in [0.2, 0.25) is 15.9 Å². The number of hydrogen-bond acceptors (Lipinski definition) is 8. The lowest BCUT2D eigenvalue weighted by Gasteiger charge is -2.33. The molecule has 3 aromatic rings. The van der Waals surface area contributed by atoms with Crippen molar-refractivity contribution in [2.45, 2.75) is 42.2 Å². The van der Waals surface area contributed by atoms with Gasteiger partial charge in [-0.05, 0) is 61.5 Å². The number of sulfonamides is 2. The van der Waals surface area contributed by atoms with E-state index >= 15 is 0 Å². The molecule has 3 aromatic carbocycles. The minimum absolute atomic E-state index is 0.0147. The topological polar surface area (TPSA) is 143 Å². The molecule has 0 saturated carbocycles. The third-order valence-corrected chi connectivity index (χ3v) is 10.7. The monoisotopic (exact) mass is 631 g/mol. The van der Waals surface area contributed by atoms with E-state index in [0.717, 1.165) is 0 Å². The van der Waals surface area contributed by atoms with Crippen LogP contribution >= 0.6 is 0 Å². The molecule has 1 amide bonds. The van der Waals surface area contributed by atoms with Gasteiger partial charge in [0, 0.05) is 30.8 Å². The lowest BCUT2D eigenvalue weighted by Crippen LogP contribution is -2.48. The predicted molar refractivity (Wildman–Crippen MR) is 162 cm³/mol. The Morgan fingerprint density at radius 3 is 2.35 bits per heavy atom. The summed E-state index contributed by atoms with van der Waals surface area (Å²) in [5.41, 5.74) is 0.642. The largest absolute Gasteiger partial charge is 0.497 e. The molecule has 0 saturated heterocycles. The number of amides is 1. The quantitative estimate of drug-likeness (QED) is 0.348. The lowest BCUT2D eigenvalue weighted by atomic mass is 10.0. The van der Waals surface area contributed by atoms with E-state index in [9.17, 15) is 26.7 Å². The Bertz CT molecular complexity index is 1630. The average Bonchev–Trinajstić information content (AvgIpc) is 3.04. The third-order valence-electron chi connectivity index (χ3n) is 7.43. The summed E-state index contributed by atoms with van der Waals surface area (Å²) in [7, 11) is -4.82. The van der Waals surface area contributed by atoms with Gasteiger partial charge in [-0.1, -0.05) is 25.1 Å². The molecule has 1 aliphatic heterocycles. The molecule has 43 heavy (non-hydrogen) atoms. The zero-order chi connectivity index (χ0) is 31.4. The number of benzene rings is 3. The Balaban J connectivity index is 1.67. The summed E-state index contributed by atoms with van der Waals surface area (Å²) in [5, 5.41) is 9.88. The standard InChI is InChI=1S/C30H37N3O8S2/c1-21-18-33(22(2)20-34)30(35)17-23-16-24(31-42(36,37)26-13-11-25(40-4)12-14-26)10-15-28(23)41-29(21)19-32(3)43(38,39)27-8-6-5-7-9-27/h5-16,21-22,29,31,34H,17-20H2,1-4H3/t21-,22-,29+/m0/s1. The molecule has 0 spiro atoms. The molecule has 0 fully saturated rings. The fourth-order valence-electron chi connectivity index (χ4n) is 4.80. The van der Waals surface area contributed by atoms with E-state index in [1.54, 1.807) is 48.2 Å². The van der Waals surface area contributed by atoms with Gasteiger partial charge in [0.1, 0.15) is 17.6 Å². The second kappa shape index (κ2) is 13.3. The Labute approximate surface area is 253 Å². The first-order chi connectivity index (χ1) is 20.3. The number of aliphatic hydroxyl groups is 1. The number of rotatable bonds is 10. The van der Waals surface area contributed by atoms with Crippen LogP contribution in [0.15, 0.2) is 82.6 Å². The van der Waals surface area contributed by atoms with Crippen LogP contribution in [0.3, 0.4) is 0 Å². The van der Waals surface area contributed by atoms with E-state index in [1.165, 1.54) is 54.9 Å². The van der Waals surface area contributed by atoms with E-state index < -0.39 is 32.2 Å². The summed E-state index contributed by atoms with van der Waals surface area (Å²) in [5.74, 6) is 0.242. The normalized spacial score (nSPS) is 18.6. The molecule has 1 aliphatic rings. The molecule has 0 bridgehead atoms. The zero-order valence-electron chi connectivity index (χ0n) is 24.5. The fourth-order valence-corrected chi connectivity index (χ4v) is 7.06. The molecule has 232 valence electrons. The van der Waals surface area contributed by atoms with Crippen molar-refractivity contribution in [2.24, 2.45) is 5.92 Å². The summed E-state index contributed by atoms with van der Waals surface area (Å²) in [6, 6.07) is 18.1. The van der Waals surface area contributed by atoms with Gasteiger partial charge in [0.25, 0.3) is 10.0 Å². The van der Waals surface area contributed by atoms with Crippen LogP contribution in [0.1, 0.15) is 19.4 Å². The summed E-state index contributed by atoms with van der Waals surface area (Å²) in [6.45, 7) is 3.53. The summed E-state index contributed by atoms with van der Waals surface area (Å²) < 4.78 is 68.0. The number of anilines is 1. The molecule has 0 unspecified atom stereocenters. The van der Waals surface area contributed by atoms with E-state index in [4.69, 9.17) is 9.47 Å². The van der Waals surface area contributed by atoms with Gasteiger partial charge in [-0.2, -0.15) is 4.31 Å². The number of carbonyl (C=O) groups excluding carboxylic acids is 1. The number of fused-ring (bicyclic) bond motifs is 1. The molecule has 0 aromatic heterocycles. The highest BCUT2D eigenvalue weighted by molar-refractivity contribution is 7.92. The van der Waals surface area contributed by atoms with Crippen LogP contribution in [0.4, 0.5) is 5.69 Å². The molecule has 13 heteroatoms. The minimum Gasteiger partial charge on any atom is -0.497 e. The van der Waals surface area contributed by atoms with Crippen molar-refractivity contribution in [1.29, 1.82) is 0 Å². The Kier molecular flexibility index (Phi) is 10.0. The molecule has 1 heterocycles. The molecule has 4 rings (SSSR count). The highest BCUT2D eigenvalue weighted by Gasteiger charge is 2.33. The van der Waals surface area contributed by atoms with Crippen molar-refractivity contribution < 1.29 is 36.2 Å². The SMILES string of the molecule is COc1ccc(S(=O)(=O)Nc2ccc3c(c2)CC(=O)N([C@@H](C)CO)C[C@H](C)[C@@H](CN(C)S(=O)(=O)c2ccccc2)O3)cc1. The first-order valence-corrected chi connectivity index (χ1v) is 16.7. The molecule has 3 atom stereocenters. The Hall–Kier alpha value is -3.65. The number of carbonyl (C=O) groups is 1. The van der Waals surface area contributed by atoms with Gasteiger partial charge < -0.3 is 19.5 Å². The van der Waals surface area contributed by atoms with E-state index in [2.05, 4.69) is 4.72 Å². The molecular weight excluding hydrogens is 594 g/mol. The Morgan fingerprint density at radius 1 is 1.05 bits per heavy atom. The third kappa shape index (κ3) is 7.47. The van der Waals surface area contributed by atoms with Crippen molar-refractivity contribution in [3.63, 3.8) is 0 Å². The van der Waals surface area contributed by atoms with Crippen LogP contribution in [0.2, 0.25) is 0 Å². The summed E-state index contributed by atoms with van der Waals surface area (Å²) in [4.78, 5) is 15.2. The molecule has 2 N–H and O–H groups in total. The smallest absolute Gasteiger partial charge is 0.261 e. The maximum Gasteiger partial charge on any atom is 0.261 e. The highest BCUT2D eigenvalue weighted by Crippen LogP contribution is 2.31. The number of ether oxygens (including phenoxy) is 2. The highest BCUT2D eigenvalue weighted by atomic mass is 32.2. The summed E-state index contributed by atoms with van der Waals surface area (Å²) in [6.07, 6.45) is -0.793. The number of likely N-dealkylation sites (N-methyl/N-ethyl adjacent to an activating group) is 1.